The maximum Gasteiger partial charge on any atom is 0.237 e. The van der Waals surface area contributed by atoms with Gasteiger partial charge in [0, 0.05) is 13.1 Å². The number of carbonyl (C=O) groups is 1. The molecule has 1 rings (SSSR count). The smallest absolute Gasteiger partial charge is 0.237 e. The largest absolute Gasteiger partial charge is 0.351 e. The van der Waals surface area contributed by atoms with E-state index in [9.17, 15) is 4.79 Å². The van der Waals surface area contributed by atoms with Crippen LogP contribution >= 0.6 is 24.8 Å². The van der Waals surface area contributed by atoms with Gasteiger partial charge in [0.05, 0.1) is 6.04 Å². The Morgan fingerprint density at radius 1 is 1.25 bits per heavy atom. The maximum absolute atomic E-state index is 11.6. The van der Waals surface area contributed by atoms with Crippen LogP contribution in [0.25, 0.3) is 0 Å². The number of hydrogen-bond donors (Lipinski definition) is 2. The molecular weight excluding hydrogens is 297 g/mol. The molecule has 0 spiro atoms. The van der Waals surface area contributed by atoms with Crippen LogP contribution in [0.1, 0.15) is 24.5 Å². The number of nitrogens with one attached hydrogen (secondary N) is 1. The van der Waals surface area contributed by atoms with E-state index in [1.807, 2.05) is 39.2 Å². The van der Waals surface area contributed by atoms with Crippen LogP contribution in [0.3, 0.4) is 0 Å². The van der Waals surface area contributed by atoms with Crippen molar-refractivity contribution >= 4 is 30.7 Å². The van der Waals surface area contributed by atoms with Crippen LogP contribution in [0.4, 0.5) is 0 Å². The van der Waals surface area contributed by atoms with Crippen molar-refractivity contribution in [2.45, 2.75) is 32.5 Å². The lowest BCUT2D eigenvalue weighted by Gasteiger charge is -2.15. The first-order chi connectivity index (χ1) is 8.54. The number of nitrogens with two attached hydrogens (primary N) is 1. The number of amides is 1. The molecule has 0 bridgehead atoms. The third-order valence-electron chi connectivity index (χ3n) is 2.83. The Hall–Kier alpha value is -0.810. The highest BCUT2D eigenvalue weighted by molar-refractivity contribution is 5.85. The molecule has 3 N–H and O–H groups in total. The van der Waals surface area contributed by atoms with Gasteiger partial charge in [-0.25, -0.2) is 0 Å². The summed E-state index contributed by atoms with van der Waals surface area (Å²) in [4.78, 5) is 13.7. The molecule has 0 aliphatic carbocycles. The van der Waals surface area contributed by atoms with Crippen molar-refractivity contribution in [2.24, 2.45) is 5.73 Å². The lowest BCUT2D eigenvalue weighted by atomic mass is 10.1. The lowest BCUT2D eigenvalue weighted by Crippen LogP contribution is -2.39. The lowest BCUT2D eigenvalue weighted by molar-refractivity contribution is -0.122. The molecule has 1 aromatic carbocycles. The maximum atomic E-state index is 11.6. The second-order valence-corrected chi connectivity index (χ2v) is 4.74. The molecule has 0 saturated heterocycles. The van der Waals surface area contributed by atoms with Crippen LogP contribution in [0.5, 0.6) is 0 Å². The van der Waals surface area contributed by atoms with Crippen LogP contribution in [-0.4, -0.2) is 30.9 Å². The molecular formula is C14H25Cl2N3O. The molecule has 1 atom stereocenters. The molecule has 0 aliphatic heterocycles. The SMILES string of the molecule is CC[C@H](N)C(=O)NCc1ccccc1CN(C)C.Cl.Cl. The van der Waals surface area contributed by atoms with E-state index in [-0.39, 0.29) is 30.7 Å². The summed E-state index contributed by atoms with van der Waals surface area (Å²) in [5.74, 6) is -0.0860. The molecule has 6 heteroatoms. The van der Waals surface area contributed by atoms with E-state index in [1.165, 1.54) is 5.56 Å². The van der Waals surface area contributed by atoms with Gasteiger partial charge < -0.3 is 16.0 Å². The second-order valence-electron chi connectivity index (χ2n) is 4.74. The molecule has 0 unspecified atom stereocenters. The van der Waals surface area contributed by atoms with Gasteiger partial charge in [0.2, 0.25) is 5.91 Å². The van der Waals surface area contributed by atoms with Crippen molar-refractivity contribution in [1.29, 1.82) is 0 Å². The van der Waals surface area contributed by atoms with Crippen molar-refractivity contribution in [3.8, 4) is 0 Å². The summed E-state index contributed by atoms with van der Waals surface area (Å²) in [5.41, 5.74) is 8.05. The van der Waals surface area contributed by atoms with E-state index in [0.717, 1.165) is 12.1 Å². The Kier molecular flexibility index (Phi) is 11.7. The summed E-state index contributed by atoms with van der Waals surface area (Å²) < 4.78 is 0. The topological polar surface area (TPSA) is 58.4 Å². The van der Waals surface area contributed by atoms with E-state index in [0.29, 0.717) is 13.0 Å². The predicted molar refractivity (Wildman–Crippen MR) is 88.4 cm³/mol. The first kappa shape index (κ1) is 21.5. The predicted octanol–water partition coefficient (Wildman–Crippen LogP) is 1.95. The van der Waals surface area contributed by atoms with Crippen molar-refractivity contribution in [1.82, 2.24) is 10.2 Å². The minimum Gasteiger partial charge on any atom is -0.351 e. The molecule has 0 saturated carbocycles. The van der Waals surface area contributed by atoms with Crippen LogP contribution in [-0.2, 0) is 17.9 Å². The summed E-state index contributed by atoms with van der Waals surface area (Å²) in [7, 11) is 4.06. The van der Waals surface area contributed by atoms with Crippen molar-refractivity contribution in [3.63, 3.8) is 0 Å². The zero-order chi connectivity index (χ0) is 13.5. The van der Waals surface area contributed by atoms with E-state index >= 15 is 0 Å². The highest BCUT2D eigenvalue weighted by atomic mass is 35.5. The van der Waals surface area contributed by atoms with Gasteiger partial charge >= 0.3 is 0 Å². The molecule has 0 aromatic heterocycles. The van der Waals surface area contributed by atoms with Crippen molar-refractivity contribution in [2.75, 3.05) is 14.1 Å². The fraction of sp³-hybridized carbons (Fsp3) is 0.500. The third-order valence-corrected chi connectivity index (χ3v) is 2.83. The molecule has 4 nitrogen and oxygen atoms in total. The van der Waals surface area contributed by atoms with Gasteiger partial charge in [0.15, 0.2) is 0 Å². The van der Waals surface area contributed by atoms with Gasteiger partial charge in [-0.2, -0.15) is 0 Å². The molecule has 116 valence electrons. The highest BCUT2D eigenvalue weighted by Gasteiger charge is 2.11. The molecule has 20 heavy (non-hydrogen) atoms. The minimum absolute atomic E-state index is 0. The van der Waals surface area contributed by atoms with E-state index in [2.05, 4.69) is 16.3 Å². The van der Waals surface area contributed by atoms with E-state index in [1.54, 1.807) is 0 Å². The number of rotatable bonds is 6. The monoisotopic (exact) mass is 321 g/mol. The first-order valence-electron chi connectivity index (χ1n) is 6.29. The van der Waals surface area contributed by atoms with Gasteiger partial charge in [-0.15, -0.1) is 24.8 Å². The zero-order valence-electron chi connectivity index (χ0n) is 12.3. The third kappa shape index (κ3) is 7.10. The minimum atomic E-state index is -0.411. The van der Waals surface area contributed by atoms with E-state index in [4.69, 9.17) is 5.73 Å². The Morgan fingerprint density at radius 2 is 1.80 bits per heavy atom. The standard InChI is InChI=1S/C14H23N3O.2ClH/c1-4-13(15)14(18)16-9-11-7-5-6-8-12(11)10-17(2)3;;/h5-8,13H,4,9-10,15H2,1-3H3,(H,16,18);2*1H/t13-;;/m0../s1. The number of hydrogen-bond acceptors (Lipinski definition) is 3. The number of nitrogens with zero attached hydrogens (tertiary/aromatic N) is 1. The van der Waals surface area contributed by atoms with Crippen LogP contribution in [0.2, 0.25) is 0 Å². The average molecular weight is 322 g/mol. The first-order valence-corrected chi connectivity index (χ1v) is 6.29. The molecule has 0 aliphatic rings. The summed E-state index contributed by atoms with van der Waals surface area (Å²) in [6.45, 7) is 3.31. The Bertz CT molecular complexity index is 400. The average Bonchev–Trinajstić information content (AvgIpc) is 2.35. The number of carbonyl (C=O) groups excluding carboxylic acids is 1. The quantitative estimate of drug-likeness (QED) is 0.842. The summed E-state index contributed by atoms with van der Waals surface area (Å²) in [6, 6.07) is 7.71. The molecule has 0 radical (unpaired) electrons. The Balaban J connectivity index is 0. The molecule has 0 heterocycles. The summed E-state index contributed by atoms with van der Waals surface area (Å²) in [6.07, 6.45) is 0.658. The van der Waals surface area contributed by atoms with Gasteiger partial charge in [0.1, 0.15) is 0 Å². The highest BCUT2D eigenvalue weighted by Crippen LogP contribution is 2.10. The Labute approximate surface area is 133 Å². The Morgan fingerprint density at radius 3 is 2.30 bits per heavy atom. The molecule has 0 fully saturated rings. The summed E-state index contributed by atoms with van der Waals surface area (Å²) in [5, 5.41) is 2.88. The van der Waals surface area contributed by atoms with E-state index < -0.39 is 6.04 Å². The second kappa shape index (κ2) is 10.9. The van der Waals surface area contributed by atoms with Gasteiger partial charge in [-0.05, 0) is 31.6 Å². The van der Waals surface area contributed by atoms with Gasteiger partial charge in [-0.1, -0.05) is 31.2 Å². The zero-order valence-corrected chi connectivity index (χ0v) is 13.9. The van der Waals surface area contributed by atoms with Gasteiger partial charge in [-0.3, -0.25) is 4.79 Å². The molecule has 1 aromatic rings. The number of benzene rings is 1. The van der Waals surface area contributed by atoms with Crippen LogP contribution in [0.15, 0.2) is 24.3 Å². The van der Waals surface area contributed by atoms with Gasteiger partial charge in [0.25, 0.3) is 0 Å². The summed E-state index contributed by atoms with van der Waals surface area (Å²) >= 11 is 0. The fourth-order valence-corrected chi connectivity index (χ4v) is 1.72. The van der Waals surface area contributed by atoms with Crippen LogP contribution < -0.4 is 11.1 Å². The fourth-order valence-electron chi connectivity index (χ4n) is 1.72. The van der Waals surface area contributed by atoms with Crippen molar-refractivity contribution < 1.29 is 4.79 Å². The molecule has 1 amide bonds. The van der Waals surface area contributed by atoms with Crippen LogP contribution in [0, 0.1) is 0 Å². The normalized spacial score (nSPS) is 11.2. The number of halogens is 2. The van der Waals surface area contributed by atoms with Crippen molar-refractivity contribution in [3.05, 3.63) is 35.4 Å².